The molecule has 15 heavy (non-hydrogen) atoms. The normalized spacial score (nSPS) is 28.9. The van der Waals surface area contributed by atoms with Crippen molar-refractivity contribution in [2.45, 2.75) is 18.6 Å². The summed E-state index contributed by atoms with van der Waals surface area (Å²) in [7, 11) is 0. The second-order valence-corrected chi connectivity index (χ2v) is 4.32. The fourth-order valence-electron chi connectivity index (χ4n) is 2.31. The number of carbonyl (C=O) groups is 1. The maximum absolute atomic E-state index is 11.8. The number of amides is 1. The minimum atomic E-state index is -0.201. The number of ether oxygens (including phenoxy) is 1. The van der Waals surface area contributed by atoms with Crippen LogP contribution < -0.4 is 0 Å². The average Bonchev–Trinajstić information content (AvgIpc) is 2.55. The third-order valence-corrected chi connectivity index (χ3v) is 3.36. The Labute approximate surface area is 92.7 Å². The molecule has 0 bridgehead atoms. The molecule has 4 heteroatoms. The largest absolute Gasteiger partial charge is 0.370 e. The van der Waals surface area contributed by atoms with Gasteiger partial charge in [0, 0.05) is 11.8 Å². The Morgan fingerprint density at radius 1 is 1.40 bits per heavy atom. The molecular weight excluding hydrogens is 214 g/mol. The summed E-state index contributed by atoms with van der Waals surface area (Å²) >= 11 is 5.81. The Hall–Kier alpha value is -1.06. The van der Waals surface area contributed by atoms with Crippen molar-refractivity contribution < 1.29 is 9.53 Å². The number of rotatable bonds is 0. The zero-order chi connectivity index (χ0) is 10.4. The number of halogens is 1. The first-order valence-corrected chi connectivity index (χ1v) is 5.28. The van der Waals surface area contributed by atoms with Crippen LogP contribution in [0.25, 0.3) is 0 Å². The van der Waals surface area contributed by atoms with E-state index < -0.39 is 0 Å². The van der Waals surface area contributed by atoms with Gasteiger partial charge in [0.25, 0.3) is 0 Å². The molecule has 2 atom stereocenters. The van der Waals surface area contributed by atoms with Crippen LogP contribution >= 0.6 is 11.8 Å². The second kappa shape index (κ2) is 3.22. The van der Waals surface area contributed by atoms with E-state index in [-0.39, 0.29) is 17.9 Å². The highest BCUT2D eigenvalue weighted by molar-refractivity contribution is 6.23. The number of carbonyl (C=O) groups excluding carboxylic acids is 1. The topological polar surface area (TPSA) is 29.5 Å². The van der Waals surface area contributed by atoms with E-state index in [0.717, 1.165) is 11.1 Å². The predicted octanol–water partition coefficient (Wildman–Crippen LogP) is 1.67. The summed E-state index contributed by atoms with van der Waals surface area (Å²) < 4.78 is 6.86. The number of hydrogen-bond acceptors (Lipinski definition) is 2. The molecule has 0 aliphatic carbocycles. The van der Waals surface area contributed by atoms with Crippen LogP contribution in [0, 0.1) is 0 Å². The molecule has 3 rings (SSSR count). The second-order valence-electron chi connectivity index (χ2n) is 3.91. The summed E-state index contributed by atoms with van der Waals surface area (Å²) in [4.78, 5) is 11.8. The number of benzene rings is 1. The summed E-state index contributed by atoms with van der Waals surface area (Å²) in [6, 6.07) is 7.89. The van der Waals surface area contributed by atoms with Crippen LogP contribution in [-0.2, 0) is 16.1 Å². The Morgan fingerprint density at radius 2 is 2.20 bits per heavy atom. The van der Waals surface area contributed by atoms with Crippen LogP contribution in [0.3, 0.4) is 0 Å². The quantitative estimate of drug-likeness (QED) is 0.626. The van der Waals surface area contributed by atoms with Gasteiger partial charge in [0.2, 0.25) is 5.91 Å². The van der Waals surface area contributed by atoms with E-state index in [1.54, 1.807) is 0 Å². The zero-order valence-corrected chi connectivity index (χ0v) is 8.78. The first-order chi connectivity index (χ1) is 7.27. The smallest absolute Gasteiger partial charge is 0.247 e. The summed E-state index contributed by atoms with van der Waals surface area (Å²) in [6.45, 7) is 1.06. The Morgan fingerprint density at radius 3 is 3.07 bits per heavy atom. The molecule has 1 aromatic rings. The molecular formula is C11H10ClNO2. The molecule has 0 saturated carbocycles. The van der Waals surface area contributed by atoms with Gasteiger partial charge < -0.3 is 4.74 Å². The summed E-state index contributed by atoms with van der Waals surface area (Å²) in [5, 5.41) is 0. The first kappa shape index (κ1) is 9.19. The molecule has 78 valence electrons. The van der Waals surface area contributed by atoms with Gasteiger partial charge >= 0.3 is 0 Å². The first-order valence-electron chi connectivity index (χ1n) is 4.94. The summed E-state index contributed by atoms with van der Waals surface area (Å²) in [5.41, 5.74) is 2.17. The van der Waals surface area contributed by atoms with Gasteiger partial charge in [-0.15, -0.1) is 0 Å². The van der Waals surface area contributed by atoms with Gasteiger partial charge in [-0.1, -0.05) is 24.3 Å². The maximum atomic E-state index is 11.8. The van der Waals surface area contributed by atoms with E-state index in [4.69, 9.17) is 16.5 Å². The Kier molecular flexibility index (Phi) is 1.97. The van der Waals surface area contributed by atoms with E-state index in [0.29, 0.717) is 13.2 Å². The van der Waals surface area contributed by atoms with Gasteiger partial charge in [-0.2, -0.15) is 0 Å². The van der Waals surface area contributed by atoms with Gasteiger partial charge in [-0.25, -0.2) is 0 Å². The monoisotopic (exact) mass is 223 g/mol. The third kappa shape index (κ3) is 1.27. The number of fused-ring (bicyclic) bond motifs is 3. The molecule has 0 N–H and O–H groups in total. The van der Waals surface area contributed by atoms with E-state index in [2.05, 4.69) is 0 Å². The van der Waals surface area contributed by atoms with Crippen LogP contribution in [0.4, 0.5) is 0 Å². The lowest BCUT2D eigenvalue weighted by molar-refractivity contribution is -0.126. The van der Waals surface area contributed by atoms with Crippen molar-refractivity contribution in [2.24, 2.45) is 0 Å². The molecule has 1 aromatic carbocycles. The maximum Gasteiger partial charge on any atom is 0.247 e. The molecule has 0 radical (unpaired) electrons. The fourth-order valence-corrected chi connectivity index (χ4v) is 2.55. The number of hydrogen-bond donors (Lipinski definition) is 0. The van der Waals surface area contributed by atoms with Gasteiger partial charge in [-0.3, -0.25) is 9.21 Å². The highest BCUT2D eigenvalue weighted by Gasteiger charge is 2.44. The summed E-state index contributed by atoms with van der Waals surface area (Å²) in [5.74, 6) is -0.249. The van der Waals surface area contributed by atoms with Crippen LogP contribution in [0.2, 0.25) is 0 Å². The van der Waals surface area contributed by atoms with Crippen LogP contribution in [0.5, 0.6) is 0 Å². The van der Waals surface area contributed by atoms with Gasteiger partial charge in [0.15, 0.2) is 0 Å². The molecule has 3 nitrogen and oxygen atoms in total. The van der Waals surface area contributed by atoms with Gasteiger partial charge in [-0.05, 0) is 11.1 Å². The van der Waals surface area contributed by atoms with Crippen molar-refractivity contribution in [3.05, 3.63) is 35.4 Å². The molecule has 2 aliphatic rings. The molecule has 0 aromatic heterocycles. The van der Waals surface area contributed by atoms with Gasteiger partial charge in [0.05, 0.1) is 25.2 Å². The lowest BCUT2D eigenvalue weighted by atomic mass is 9.89. The van der Waals surface area contributed by atoms with E-state index in [1.165, 1.54) is 4.42 Å². The van der Waals surface area contributed by atoms with Crippen LogP contribution in [0.15, 0.2) is 24.3 Å². The van der Waals surface area contributed by atoms with Crippen molar-refractivity contribution in [1.29, 1.82) is 0 Å². The molecule has 2 heterocycles. The molecule has 1 saturated heterocycles. The minimum absolute atomic E-state index is 0.0474. The van der Waals surface area contributed by atoms with Crippen molar-refractivity contribution in [3.63, 3.8) is 0 Å². The molecule has 2 aliphatic heterocycles. The molecule has 1 amide bonds. The average molecular weight is 224 g/mol. The standard InChI is InChI=1S/C11H10ClNO2/c12-13-5-9-10(11(13)14)8-4-2-1-3-7(8)6-15-9/h1-4,9-10H,5-6H2. The lowest BCUT2D eigenvalue weighted by Crippen LogP contribution is -2.27. The van der Waals surface area contributed by atoms with Gasteiger partial charge in [0.1, 0.15) is 0 Å². The lowest BCUT2D eigenvalue weighted by Gasteiger charge is -2.25. The van der Waals surface area contributed by atoms with Crippen molar-refractivity contribution >= 4 is 17.7 Å². The van der Waals surface area contributed by atoms with E-state index in [9.17, 15) is 4.79 Å². The molecule has 0 spiro atoms. The molecule has 2 unspecified atom stereocenters. The highest BCUT2D eigenvalue weighted by Crippen LogP contribution is 2.37. The predicted molar refractivity (Wildman–Crippen MR) is 55.3 cm³/mol. The Balaban J connectivity index is 2.08. The fraction of sp³-hybridized carbons (Fsp3) is 0.364. The zero-order valence-electron chi connectivity index (χ0n) is 8.02. The SMILES string of the molecule is O=C1C2c3ccccc3COC2CN1Cl. The van der Waals surface area contributed by atoms with E-state index in [1.807, 2.05) is 24.3 Å². The Bertz CT molecular complexity index is 421. The minimum Gasteiger partial charge on any atom is -0.370 e. The van der Waals surface area contributed by atoms with Crippen LogP contribution in [0.1, 0.15) is 17.0 Å². The number of nitrogens with zero attached hydrogens (tertiary/aromatic N) is 1. The van der Waals surface area contributed by atoms with E-state index >= 15 is 0 Å². The highest BCUT2D eigenvalue weighted by atomic mass is 35.5. The molecule has 1 fully saturated rings. The third-order valence-electron chi connectivity index (χ3n) is 3.06. The summed E-state index contributed by atoms with van der Waals surface area (Å²) in [6.07, 6.45) is -0.0788. The van der Waals surface area contributed by atoms with Crippen molar-refractivity contribution in [2.75, 3.05) is 6.54 Å². The van der Waals surface area contributed by atoms with Crippen LogP contribution in [-0.4, -0.2) is 23.0 Å². The van der Waals surface area contributed by atoms with Crippen molar-refractivity contribution in [1.82, 2.24) is 4.42 Å². The van der Waals surface area contributed by atoms with Crippen molar-refractivity contribution in [3.8, 4) is 0 Å².